The number of hydrogen-bond acceptors (Lipinski definition) is 4. The fourth-order valence-electron chi connectivity index (χ4n) is 1.65. The van der Waals surface area contributed by atoms with Gasteiger partial charge in [-0.25, -0.2) is 0 Å². The van der Waals surface area contributed by atoms with E-state index in [1.807, 2.05) is 13.0 Å². The zero-order valence-electron chi connectivity index (χ0n) is 10.1. The highest BCUT2D eigenvalue weighted by Gasteiger charge is 2.13. The van der Waals surface area contributed by atoms with Crippen LogP contribution in [0.5, 0.6) is 0 Å². The predicted molar refractivity (Wildman–Crippen MR) is 62.5 cm³/mol. The molecule has 2 rings (SSSR count). The van der Waals surface area contributed by atoms with Gasteiger partial charge in [0.25, 0.3) is 5.91 Å². The van der Waals surface area contributed by atoms with Crippen molar-refractivity contribution in [2.45, 2.75) is 13.5 Å². The SMILES string of the molecule is Cc1cc(C(=O)NCc2occc2C#N)n(C)n1. The van der Waals surface area contributed by atoms with Crippen LogP contribution in [0, 0.1) is 18.3 Å². The number of amides is 1. The third-order valence-corrected chi connectivity index (χ3v) is 2.51. The molecule has 0 aromatic carbocycles. The molecule has 0 fully saturated rings. The zero-order valence-corrected chi connectivity index (χ0v) is 10.1. The van der Waals surface area contributed by atoms with Crippen molar-refractivity contribution >= 4 is 5.91 Å². The topological polar surface area (TPSA) is 83.9 Å². The first kappa shape index (κ1) is 11.9. The van der Waals surface area contributed by atoms with Gasteiger partial charge < -0.3 is 9.73 Å². The molecule has 0 radical (unpaired) electrons. The monoisotopic (exact) mass is 244 g/mol. The minimum absolute atomic E-state index is 0.180. The summed E-state index contributed by atoms with van der Waals surface area (Å²) in [5.74, 6) is 0.197. The summed E-state index contributed by atoms with van der Waals surface area (Å²) in [6.07, 6.45) is 1.42. The molecule has 0 aliphatic rings. The van der Waals surface area contributed by atoms with Gasteiger partial charge in [-0.15, -0.1) is 0 Å². The van der Waals surface area contributed by atoms with Gasteiger partial charge in [-0.2, -0.15) is 10.4 Å². The van der Waals surface area contributed by atoms with Gasteiger partial charge in [0.1, 0.15) is 17.5 Å². The van der Waals surface area contributed by atoms with E-state index in [0.717, 1.165) is 5.69 Å². The number of carbonyl (C=O) groups is 1. The lowest BCUT2D eigenvalue weighted by Gasteiger charge is -2.03. The molecule has 0 aliphatic heterocycles. The van der Waals surface area contributed by atoms with Gasteiger partial charge in [0.2, 0.25) is 0 Å². The second kappa shape index (κ2) is 4.75. The molecule has 1 N–H and O–H groups in total. The first-order chi connectivity index (χ1) is 8.61. The lowest BCUT2D eigenvalue weighted by Crippen LogP contribution is -2.25. The summed E-state index contributed by atoms with van der Waals surface area (Å²) in [4.78, 5) is 11.9. The first-order valence-corrected chi connectivity index (χ1v) is 5.37. The molecular formula is C12H12N4O2. The Hall–Kier alpha value is -2.55. The van der Waals surface area contributed by atoms with E-state index < -0.39 is 0 Å². The molecule has 0 saturated carbocycles. The minimum atomic E-state index is -0.251. The molecule has 0 saturated heterocycles. The third kappa shape index (κ3) is 2.25. The van der Waals surface area contributed by atoms with Crippen molar-refractivity contribution in [2.75, 3.05) is 0 Å². The van der Waals surface area contributed by atoms with Crippen LogP contribution in [-0.2, 0) is 13.6 Å². The molecule has 92 valence electrons. The average molecular weight is 244 g/mol. The largest absolute Gasteiger partial charge is 0.466 e. The summed E-state index contributed by atoms with van der Waals surface area (Å²) >= 11 is 0. The summed E-state index contributed by atoms with van der Waals surface area (Å²) in [5, 5.41) is 15.6. The summed E-state index contributed by atoms with van der Waals surface area (Å²) in [5.41, 5.74) is 1.67. The Morgan fingerprint density at radius 2 is 2.44 bits per heavy atom. The second-order valence-corrected chi connectivity index (χ2v) is 3.85. The maximum atomic E-state index is 11.9. The van der Waals surface area contributed by atoms with Crippen LogP contribution >= 0.6 is 0 Å². The summed E-state index contributed by atoms with van der Waals surface area (Å²) in [6.45, 7) is 2.00. The van der Waals surface area contributed by atoms with E-state index in [2.05, 4.69) is 10.4 Å². The quantitative estimate of drug-likeness (QED) is 0.876. The van der Waals surface area contributed by atoms with Crippen LogP contribution in [0.1, 0.15) is 27.5 Å². The number of nitrogens with zero attached hydrogens (tertiary/aromatic N) is 3. The van der Waals surface area contributed by atoms with E-state index in [1.165, 1.54) is 10.9 Å². The number of rotatable bonds is 3. The number of nitrogens with one attached hydrogen (secondary N) is 1. The molecule has 0 atom stereocenters. The Kier molecular flexibility index (Phi) is 3.15. The van der Waals surface area contributed by atoms with Crippen molar-refractivity contribution in [3.63, 3.8) is 0 Å². The van der Waals surface area contributed by atoms with Crippen molar-refractivity contribution in [1.82, 2.24) is 15.1 Å². The van der Waals surface area contributed by atoms with Gasteiger partial charge in [-0.05, 0) is 19.1 Å². The highest BCUT2D eigenvalue weighted by molar-refractivity contribution is 5.92. The minimum Gasteiger partial charge on any atom is -0.466 e. The number of furan rings is 1. The van der Waals surface area contributed by atoms with Crippen LogP contribution in [0.25, 0.3) is 0 Å². The van der Waals surface area contributed by atoms with Crippen molar-refractivity contribution in [3.8, 4) is 6.07 Å². The van der Waals surface area contributed by atoms with Gasteiger partial charge >= 0.3 is 0 Å². The normalized spacial score (nSPS) is 10.1. The highest BCUT2D eigenvalue weighted by Crippen LogP contribution is 2.09. The lowest BCUT2D eigenvalue weighted by atomic mass is 10.2. The number of carbonyl (C=O) groups excluding carboxylic acids is 1. The maximum Gasteiger partial charge on any atom is 0.269 e. The van der Waals surface area contributed by atoms with Crippen LogP contribution in [0.3, 0.4) is 0 Å². The molecule has 18 heavy (non-hydrogen) atoms. The standard InChI is InChI=1S/C12H12N4O2/c1-8-5-10(16(2)15-8)12(17)14-7-11-9(6-13)3-4-18-11/h3-5H,7H2,1-2H3,(H,14,17). The predicted octanol–water partition coefficient (Wildman–Crippen LogP) is 1.12. The number of aryl methyl sites for hydroxylation is 2. The van der Waals surface area contributed by atoms with E-state index in [4.69, 9.17) is 9.68 Å². The van der Waals surface area contributed by atoms with Gasteiger partial charge in [0.05, 0.1) is 24.1 Å². The zero-order chi connectivity index (χ0) is 13.1. The summed E-state index contributed by atoms with van der Waals surface area (Å²) < 4.78 is 6.63. The number of aromatic nitrogens is 2. The Labute approximate surface area is 104 Å². The molecule has 0 bridgehead atoms. The number of nitriles is 1. The van der Waals surface area contributed by atoms with E-state index in [9.17, 15) is 4.79 Å². The average Bonchev–Trinajstić information content (AvgIpc) is 2.92. The van der Waals surface area contributed by atoms with Gasteiger partial charge in [0, 0.05) is 7.05 Å². The van der Waals surface area contributed by atoms with Gasteiger partial charge in [-0.1, -0.05) is 0 Å². The maximum absolute atomic E-state index is 11.9. The Bertz CT molecular complexity index is 618. The van der Waals surface area contributed by atoms with Crippen molar-refractivity contribution in [3.05, 3.63) is 41.1 Å². The van der Waals surface area contributed by atoms with E-state index >= 15 is 0 Å². The van der Waals surface area contributed by atoms with Crippen molar-refractivity contribution < 1.29 is 9.21 Å². The van der Waals surface area contributed by atoms with Crippen molar-refractivity contribution in [1.29, 1.82) is 5.26 Å². The fourth-order valence-corrected chi connectivity index (χ4v) is 1.65. The van der Waals surface area contributed by atoms with Crippen LogP contribution in [0.15, 0.2) is 22.8 Å². The summed E-state index contributed by atoms with van der Waals surface area (Å²) in [7, 11) is 1.70. The van der Waals surface area contributed by atoms with E-state index in [0.29, 0.717) is 17.0 Å². The van der Waals surface area contributed by atoms with Crippen LogP contribution in [0.4, 0.5) is 0 Å². The van der Waals surface area contributed by atoms with Crippen molar-refractivity contribution in [2.24, 2.45) is 7.05 Å². The molecule has 0 unspecified atom stereocenters. The smallest absolute Gasteiger partial charge is 0.269 e. The fraction of sp³-hybridized carbons (Fsp3) is 0.250. The van der Waals surface area contributed by atoms with E-state index in [1.54, 1.807) is 19.2 Å². The second-order valence-electron chi connectivity index (χ2n) is 3.85. The third-order valence-electron chi connectivity index (χ3n) is 2.51. The van der Waals surface area contributed by atoms with E-state index in [-0.39, 0.29) is 12.5 Å². The molecule has 0 spiro atoms. The van der Waals surface area contributed by atoms with Crippen LogP contribution in [-0.4, -0.2) is 15.7 Å². The first-order valence-electron chi connectivity index (χ1n) is 5.37. The Morgan fingerprint density at radius 1 is 1.67 bits per heavy atom. The van der Waals surface area contributed by atoms with Crippen LogP contribution in [0.2, 0.25) is 0 Å². The molecular weight excluding hydrogens is 232 g/mol. The van der Waals surface area contributed by atoms with Gasteiger partial charge in [0.15, 0.2) is 0 Å². The molecule has 6 nitrogen and oxygen atoms in total. The molecule has 2 aromatic rings. The number of hydrogen-bond donors (Lipinski definition) is 1. The van der Waals surface area contributed by atoms with Gasteiger partial charge in [-0.3, -0.25) is 9.48 Å². The lowest BCUT2D eigenvalue weighted by molar-refractivity contribution is 0.0938. The molecule has 6 heteroatoms. The molecule has 0 aliphatic carbocycles. The van der Waals surface area contributed by atoms with Crippen LogP contribution < -0.4 is 5.32 Å². The molecule has 2 heterocycles. The Balaban J connectivity index is 2.05. The Morgan fingerprint density at radius 3 is 3.06 bits per heavy atom. The highest BCUT2D eigenvalue weighted by atomic mass is 16.3. The summed E-state index contributed by atoms with van der Waals surface area (Å²) in [6, 6.07) is 5.25. The molecule has 2 aromatic heterocycles. The molecule has 1 amide bonds.